The Morgan fingerprint density at radius 3 is 2.50 bits per heavy atom. The Hall–Kier alpha value is -3.75. The van der Waals surface area contributed by atoms with E-state index in [1.165, 1.54) is 24.3 Å². The first kappa shape index (κ1) is 20.6. The van der Waals surface area contributed by atoms with Crippen molar-refractivity contribution in [3.8, 4) is 0 Å². The molecule has 0 unspecified atom stereocenters. The zero-order valence-electron chi connectivity index (χ0n) is 15.4. The minimum atomic E-state index is -0.786. The lowest BCUT2D eigenvalue weighted by Gasteiger charge is -2.08. The van der Waals surface area contributed by atoms with Crippen LogP contribution >= 0.6 is 0 Å². The van der Waals surface area contributed by atoms with Crippen LogP contribution < -0.4 is 10.6 Å². The normalized spacial score (nSPS) is 10.1. The number of amides is 2. The van der Waals surface area contributed by atoms with Crippen LogP contribution in [0.2, 0.25) is 0 Å². The van der Waals surface area contributed by atoms with Crippen LogP contribution in [0.25, 0.3) is 0 Å². The fourth-order valence-corrected chi connectivity index (χ4v) is 2.23. The molecule has 2 aromatic carbocycles. The second-order valence-electron chi connectivity index (χ2n) is 6.00. The van der Waals surface area contributed by atoms with Crippen molar-refractivity contribution in [2.24, 2.45) is 0 Å². The van der Waals surface area contributed by atoms with E-state index in [-0.39, 0.29) is 11.4 Å². The number of carbonyl (C=O) groups excluding carboxylic acids is 3. The van der Waals surface area contributed by atoms with Crippen molar-refractivity contribution in [1.29, 1.82) is 0 Å². The first-order chi connectivity index (χ1) is 13.3. The maximum absolute atomic E-state index is 12.0. The van der Waals surface area contributed by atoms with Gasteiger partial charge in [-0.15, -0.1) is 0 Å². The molecule has 2 rings (SSSR count). The maximum Gasteiger partial charge on any atom is 0.325 e. The number of anilines is 1. The Bertz CT molecular complexity index is 926. The number of aryl methyl sites for hydroxylation is 2. The minimum Gasteiger partial charge on any atom is -0.454 e. The van der Waals surface area contributed by atoms with Crippen LogP contribution in [0.15, 0.2) is 42.5 Å². The van der Waals surface area contributed by atoms with Crippen LogP contribution in [0.1, 0.15) is 21.5 Å². The van der Waals surface area contributed by atoms with Crippen LogP contribution in [0.3, 0.4) is 0 Å². The first-order valence-corrected chi connectivity index (χ1v) is 8.31. The summed E-state index contributed by atoms with van der Waals surface area (Å²) in [6.45, 7) is 2.82. The highest BCUT2D eigenvalue weighted by Crippen LogP contribution is 2.16. The van der Waals surface area contributed by atoms with Crippen molar-refractivity contribution >= 4 is 29.2 Å². The van der Waals surface area contributed by atoms with Crippen molar-refractivity contribution in [3.63, 3.8) is 0 Å². The second-order valence-corrected chi connectivity index (χ2v) is 6.00. The van der Waals surface area contributed by atoms with Gasteiger partial charge < -0.3 is 15.4 Å². The number of ether oxygens (including phenoxy) is 1. The molecule has 0 radical (unpaired) electrons. The van der Waals surface area contributed by atoms with Gasteiger partial charge in [-0.25, -0.2) is 0 Å². The van der Waals surface area contributed by atoms with Gasteiger partial charge in [-0.2, -0.15) is 0 Å². The lowest BCUT2D eigenvalue weighted by molar-refractivity contribution is -0.384. The number of nitrogens with zero attached hydrogens (tertiary/aromatic N) is 1. The third-order valence-electron chi connectivity index (χ3n) is 3.87. The van der Waals surface area contributed by atoms with E-state index in [1.807, 2.05) is 13.8 Å². The van der Waals surface area contributed by atoms with Gasteiger partial charge >= 0.3 is 5.97 Å². The van der Waals surface area contributed by atoms with Gasteiger partial charge in [0, 0.05) is 23.4 Å². The summed E-state index contributed by atoms with van der Waals surface area (Å²) in [5, 5.41) is 15.5. The number of carbonyl (C=O) groups is 3. The monoisotopic (exact) mass is 385 g/mol. The molecule has 146 valence electrons. The quantitative estimate of drug-likeness (QED) is 0.427. The summed E-state index contributed by atoms with van der Waals surface area (Å²) in [5.74, 6) is -1.87. The average Bonchev–Trinajstić information content (AvgIpc) is 2.66. The van der Waals surface area contributed by atoms with Crippen LogP contribution in [0, 0.1) is 24.0 Å². The zero-order chi connectivity index (χ0) is 20.7. The lowest BCUT2D eigenvalue weighted by Crippen LogP contribution is -2.32. The van der Waals surface area contributed by atoms with E-state index in [2.05, 4.69) is 10.6 Å². The Morgan fingerprint density at radius 1 is 1.07 bits per heavy atom. The van der Waals surface area contributed by atoms with Crippen molar-refractivity contribution in [1.82, 2.24) is 5.32 Å². The van der Waals surface area contributed by atoms with E-state index in [1.54, 1.807) is 18.2 Å². The summed E-state index contributed by atoms with van der Waals surface area (Å²) in [4.78, 5) is 45.6. The Labute approximate surface area is 160 Å². The molecule has 0 aliphatic heterocycles. The number of rotatable bonds is 7. The smallest absolute Gasteiger partial charge is 0.325 e. The molecule has 0 fully saturated rings. The molecule has 0 saturated carbocycles. The summed E-state index contributed by atoms with van der Waals surface area (Å²) in [6, 6.07) is 10.5. The zero-order valence-corrected chi connectivity index (χ0v) is 15.4. The van der Waals surface area contributed by atoms with E-state index >= 15 is 0 Å². The average molecular weight is 385 g/mol. The van der Waals surface area contributed by atoms with Gasteiger partial charge in [-0.05, 0) is 43.2 Å². The standard InChI is InChI=1S/C19H19N3O6/c1-12-6-7-14(8-13(12)2)19(25)20-10-18(24)28-11-17(23)21-15-4-3-5-16(9-15)22(26)27/h3-9H,10-11H2,1-2H3,(H,20,25)(H,21,23). The van der Waals surface area contributed by atoms with Crippen molar-refractivity contribution in [3.05, 3.63) is 69.3 Å². The van der Waals surface area contributed by atoms with E-state index < -0.39 is 35.9 Å². The van der Waals surface area contributed by atoms with Gasteiger partial charge in [0.2, 0.25) is 0 Å². The maximum atomic E-state index is 12.0. The molecule has 0 aliphatic rings. The molecule has 0 bridgehead atoms. The predicted octanol–water partition coefficient (Wildman–Crippen LogP) is 2.12. The third-order valence-corrected chi connectivity index (χ3v) is 3.87. The minimum absolute atomic E-state index is 0.177. The molecule has 2 aromatic rings. The molecule has 0 spiro atoms. The third kappa shape index (κ3) is 5.90. The van der Waals surface area contributed by atoms with Gasteiger partial charge in [0.1, 0.15) is 6.54 Å². The SMILES string of the molecule is Cc1ccc(C(=O)NCC(=O)OCC(=O)Nc2cccc([N+](=O)[O-])c2)cc1C. The Kier molecular flexibility index (Phi) is 6.80. The molecule has 0 saturated heterocycles. The number of esters is 1. The van der Waals surface area contributed by atoms with Gasteiger partial charge in [0.15, 0.2) is 6.61 Å². The number of nitro groups is 1. The molecule has 2 N–H and O–H groups in total. The molecule has 2 amide bonds. The van der Waals surface area contributed by atoms with Gasteiger partial charge in [0.05, 0.1) is 4.92 Å². The summed E-state index contributed by atoms with van der Waals surface area (Å²) in [6.07, 6.45) is 0. The van der Waals surface area contributed by atoms with Gasteiger partial charge in [-0.1, -0.05) is 12.1 Å². The molecule has 0 aromatic heterocycles. The second kappa shape index (κ2) is 9.26. The molecule has 28 heavy (non-hydrogen) atoms. The summed E-state index contributed by atoms with van der Waals surface area (Å²) >= 11 is 0. The highest BCUT2D eigenvalue weighted by atomic mass is 16.6. The molecular weight excluding hydrogens is 366 g/mol. The predicted molar refractivity (Wildman–Crippen MR) is 101 cm³/mol. The molecule has 0 heterocycles. The molecule has 9 nitrogen and oxygen atoms in total. The number of hydrogen-bond donors (Lipinski definition) is 2. The van der Waals surface area contributed by atoms with Crippen molar-refractivity contribution in [2.45, 2.75) is 13.8 Å². The number of hydrogen-bond acceptors (Lipinski definition) is 6. The van der Waals surface area contributed by atoms with Crippen LogP contribution in [0.4, 0.5) is 11.4 Å². The molecule has 9 heteroatoms. The van der Waals surface area contributed by atoms with E-state index in [4.69, 9.17) is 4.74 Å². The van der Waals surface area contributed by atoms with Crippen LogP contribution in [0.5, 0.6) is 0 Å². The van der Waals surface area contributed by atoms with E-state index in [0.29, 0.717) is 5.56 Å². The molecule has 0 atom stereocenters. The fraction of sp³-hybridized carbons (Fsp3) is 0.211. The van der Waals surface area contributed by atoms with Gasteiger partial charge in [-0.3, -0.25) is 24.5 Å². The van der Waals surface area contributed by atoms with Crippen LogP contribution in [-0.4, -0.2) is 35.9 Å². The fourth-order valence-electron chi connectivity index (χ4n) is 2.23. The van der Waals surface area contributed by atoms with E-state index in [0.717, 1.165) is 11.1 Å². The number of nitrogens with one attached hydrogen (secondary N) is 2. The van der Waals surface area contributed by atoms with Crippen LogP contribution in [-0.2, 0) is 14.3 Å². The Balaban J connectivity index is 1.78. The summed E-state index contributed by atoms with van der Waals surface area (Å²) in [7, 11) is 0. The highest BCUT2D eigenvalue weighted by Gasteiger charge is 2.12. The Morgan fingerprint density at radius 2 is 1.82 bits per heavy atom. The van der Waals surface area contributed by atoms with Crippen molar-refractivity contribution in [2.75, 3.05) is 18.5 Å². The molecular formula is C19H19N3O6. The number of nitro benzene ring substituents is 1. The first-order valence-electron chi connectivity index (χ1n) is 8.31. The van der Waals surface area contributed by atoms with E-state index in [9.17, 15) is 24.5 Å². The molecule has 0 aliphatic carbocycles. The summed E-state index contributed by atoms with van der Waals surface area (Å²) in [5.41, 5.74) is 2.44. The topological polar surface area (TPSA) is 128 Å². The van der Waals surface area contributed by atoms with Gasteiger partial charge in [0.25, 0.3) is 17.5 Å². The number of non-ortho nitro benzene ring substituents is 1. The largest absolute Gasteiger partial charge is 0.454 e. The summed E-state index contributed by atoms with van der Waals surface area (Å²) < 4.78 is 4.78. The lowest BCUT2D eigenvalue weighted by atomic mass is 10.1. The highest BCUT2D eigenvalue weighted by molar-refractivity contribution is 5.96. The number of benzene rings is 2. The van der Waals surface area contributed by atoms with Crippen molar-refractivity contribution < 1.29 is 24.0 Å².